The molecule has 0 unspecified atom stereocenters. The molecule has 0 saturated heterocycles. The Bertz CT molecular complexity index is 672. The Kier molecular flexibility index (Phi) is 3.98. The Balaban J connectivity index is 2.48. The first kappa shape index (κ1) is 14.0. The summed E-state index contributed by atoms with van der Waals surface area (Å²) in [7, 11) is 0. The third-order valence-corrected chi connectivity index (χ3v) is 3.35. The second-order valence-corrected chi connectivity index (χ2v) is 4.99. The van der Waals surface area contributed by atoms with Crippen molar-refractivity contribution in [3.05, 3.63) is 59.0 Å². The van der Waals surface area contributed by atoms with Gasteiger partial charge in [-0.25, -0.2) is 0 Å². The van der Waals surface area contributed by atoms with Crippen molar-refractivity contribution < 1.29 is 0 Å². The molecule has 1 heterocycles. The molecule has 0 spiro atoms. The minimum Gasteiger partial charge on any atom is -0.318 e. The van der Waals surface area contributed by atoms with Crippen LogP contribution in [0, 0.1) is 22.7 Å². The van der Waals surface area contributed by atoms with Crippen molar-refractivity contribution >= 4 is 18.3 Å². The van der Waals surface area contributed by atoms with Crippen LogP contribution in [0.3, 0.4) is 0 Å². The fourth-order valence-electron chi connectivity index (χ4n) is 2.21. The molecular formula is C16H13N3S. The lowest BCUT2D eigenvalue weighted by atomic mass is 10.0. The predicted molar refractivity (Wildman–Crippen MR) is 81.9 cm³/mol. The Labute approximate surface area is 124 Å². The van der Waals surface area contributed by atoms with E-state index in [1.54, 1.807) is 0 Å². The zero-order valence-corrected chi connectivity index (χ0v) is 12.1. The van der Waals surface area contributed by atoms with E-state index in [2.05, 4.69) is 17.5 Å². The van der Waals surface area contributed by atoms with Gasteiger partial charge in [-0.2, -0.15) is 10.5 Å². The summed E-state index contributed by atoms with van der Waals surface area (Å²) in [5.41, 5.74) is 3.76. The van der Waals surface area contributed by atoms with Gasteiger partial charge in [0.25, 0.3) is 0 Å². The number of nitrogens with zero attached hydrogens (tertiary/aromatic N) is 3. The third-order valence-electron chi connectivity index (χ3n) is 3.05. The van der Waals surface area contributed by atoms with E-state index in [1.165, 1.54) is 0 Å². The summed E-state index contributed by atoms with van der Waals surface area (Å²) in [6, 6.07) is 11.7. The predicted octanol–water partition coefficient (Wildman–Crippen LogP) is 3.95. The highest BCUT2D eigenvalue weighted by Crippen LogP contribution is 2.30. The molecule has 98 valence electrons. The van der Waals surface area contributed by atoms with Gasteiger partial charge in [0.1, 0.15) is 17.7 Å². The van der Waals surface area contributed by atoms with E-state index in [0.29, 0.717) is 5.57 Å². The standard InChI is InChI=1S/C16H13N3S/c1-11-7-13(14(9-17)10-18)8-12(2)19(11)15-3-5-16(20)6-4-15/h3-8,20H,1-2H3. The molecule has 0 saturated carbocycles. The Hall–Kier alpha value is -2.43. The molecule has 0 fully saturated rings. The van der Waals surface area contributed by atoms with E-state index in [1.807, 2.05) is 62.4 Å². The molecule has 1 aromatic carbocycles. The first-order chi connectivity index (χ1) is 9.56. The number of hydrogen-bond acceptors (Lipinski definition) is 4. The average Bonchev–Trinajstić information content (AvgIpc) is 2.41. The minimum absolute atomic E-state index is 0.133. The molecule has 0 radical (unpaired) electrons. The Morgan fingerprint density at radius 3 is 1.95 bits per heavy atom. The van der Waals surface area contributed by atoms with Crippen molar-refractivity contribution in [1.82, 2.24) is 0 Å². The smallest absolute Gasteiger partial charge is 0.137 e. The summed E-state index contributed by atoms with van der Waals surface area (Å²) in [6.45, 7) is 3.91. The van der Waals surface area contributed by atoms with Gasteiger partial charge in [-0.05, 0) is 50.3 Å². The maximum Gasteiger partial charge on any atom is 0.137 e. The molecule has 3 nitrogen and oxygen atoms in total. The summed E-state index contributed by atoms with van der Waals surface area (Å²) in [6.07, 6.45) is 3.70. The van der Waals surface area contributed by atoms with E-state index in [4.69, 9.17) is 10.5 Å². The molecule has 1 aliphatic rings. The van der Waals surface area contributed by atoms with Gasteiger partial charge in [0.2, 0.25) is 0 Å². The molecule has 0 amide bonds. The Morgan fingerprint density at radius 1 is 1.00 bits per heavy atom. The van der Waals surface area contributed by atoms with Gasteiger partial charge in [-0.3, -0.25) is 0 Å². The maximum atomic E-state index is 8.95. The van der Waals surface area contributed by atoms with Crippen LogP contribution in [-0.4, -0.2) is 0 Å². The number of anilines is 1. The highest BCUT2D eigenvalue weighted by Gasteiger charge is 2.17. The molecule has 4 heteroatoms. The van der Waals surface area contributed by atoms with E-state index >= 15 is 0 Å². The quantitative estimate of drug-likeness (QED) is 0.625. The van der Waals surface area contributed by atoms with Gasteiger partial charge in [-0.15, -0.1) is 12.6 Å². The highest BCUT2D eigenvalue weighted by atomic mass is 32.1. The molecular weight excluding hydrogens is 266 g/mol. The lowest BCUT2D eigenvalue weighted by molar-refractivity contribution is 1.04. The average molecular weight is 279 g/mol. The second kappa shape index (κ2) is 5.69. The largest absolute Gasteiger partial charge is 0.318 e. The van der Waals surface area contributed by atoms with Crippen LogP contribution in [0.2, 0.25) is 0 Å². The van der Waals surface area contributed by atoms with Gasteiger partial charge >= 0.3 is 0 Å². The fraction of sp³-hybridized carbons (Fsp3) is 0.125. The van der Waals surface area contributed by atoms with Crippen LogP contribution < -0.4 is 4.90 Å². The van der Waals surface area contributed by atoms with E-state index in [-0.39, 0.29) is 5.57 Å². The van der Waals surface area contributed by atoms with Crippen LogP contribution in [0.25, 0.3) is 0 Å². The van der Waals surface area contributed by atoms with Crippen LogP contribution in [-0.2, 0) is 0 Å². The van der Waals surface area contributed by atoms with Crippen LogP contribution >= 0.6 is 12.6 Å². The lowest BCUT2D eigenvalue weighted by Crippen LogP contribution is -2.21. The van der Waals surface area contributed by atoms with Crippen molar-refractivity contribution in [2.24, 2.45) is 0 Å². The first-order valence-corrected chi connectivity index (χ1v) is 6.51. The minimum atomic E-state index is 0.133. The van der Waals surface area contributed by atoms with Crippen LogP contribution in [0.5, 0.6) is 0 Å². The number of benzene rings is 1. The highest BCUT2D eigenvalue weighted by molar-refractivity contribution is 7.80. The van der Waals surface area contributed by atoms with Crippen molar-refractivity contribution in [2.75, 3.05) is 4.90 Å². The molecule has 0 bridgehead atoms. The summed E-state index contributed by atoms with van der Waals surface area (Å²) in [5.74, 6) is 0. The molecule has 1 aromatic rings. The Morgan fingerprint density at radius 2 is 1.50 bits per heavy atom. The van der Waals surface area contributed by atoms with E-state index in [0.717, 1.165) is 22.0 Å². The molecule has 0 aliphatic carbocycles. The summed E-state index contributed by atoms with van der Waals surface area (Å²) in [5, 5.41) is 17.9. The molecule has 0 N–H and O–H groups in total. The number of allylic oxidation sites excluding steroid dienone is 6. The third kappa shape index (κ3) is 2.61. The van der Waals surface area contributed by atoms with Crippen molar-refractivity contribution in [2.45, 2.75) is 18.7 Å². The number of thiol groups is 1. The zero-order valence-electron chi connectivity index (χ0n) is 11.3. The van der Waals surface area contributed by atoms with Gasteiger partial charge < -0.3 is 4.90 Å². The maximum absolute atomic E-state index is 8.95. The van der Waals surface area contributed by atoms with Crippen molar-refractivity contribution in [1.29, 1.82) is 10.5 Å². The zero-order chi connectivity index (χ0) is 14.7. The topological polar surface area (TPSA) is 50.8 Å². The molecule has 20 heavy (non-hydrogen) atoms. The second-order valence-electron chi connectivity index (χ2n) is 4.48. The van der Waals surface area contributed by atoms with E-state index < -0.39 is 0 Å². The molecule has 2 rings (SSSR count). The SMILES string of the molecule is CC1=CC(=C(C#N)C#N)C=C(C)N1c1ccc(S)cc1. The van der Waals surface area contributed by atoms with E-state index in [9.17, 15) is 0 Å². The van der Waals surface area contributed by atoms with Crippen molar-refractivity contribution in [3.8, 4) is 12.1 Å². The van der Waals surface area contributed by atoms with Gasteiger partial charge in [-0.1, -0.05) is 0 Å². The lowest BCUT2D eigenvalue weighted by Gasteiger charge is -2.29. The number of hydrogen-bond donors (Lipinski definition) is 1. The monoisotopic (exact) mass is 279 g/mol. The van der Waals surface area contributed by atoms with Crippen LogP contribution in [0.15, 0.2) is 63.9 Å². The van der Waals surface area contributed by atoms with Crippen LogP contribution in [0.4, 0.5) is 5.69 Å². The molecule has 0 aromatic heterocycles. The summed E-state index contributed by atoms with van der Waals surface area (Å²) < 4.78 is 0. The fourth-order valence-corrected chi connectivity index (χ4v) is 2.36. The number of rotatable bonds is 1. The number of nitriles is 2. The van der Waals surface area contributed by atoms with Crippen LogP contribution in [0.1, 0.15) is 13.8 Å². The molecule has 0 atom stereocenters. The van der Waals surface area contributed by atoms with Gasteiger partial charge in [0, 0.05) is 27.6 Å². The van der Waals surface area contributed by atoms with Gasteiger partial charge in [0.05, 0.1) is 0 Å². The summed E-state index contributed by atoms with van der Waals surface area (Å²) >= 11 is 4.28. The van der Waals surface area contributed by atoms with Crippen molar-refractivity contribution in [3.63, 3.8) is 0 Å². The summed E-state index contributed by atoms with van der Waals surface area (Å²) in [4.78, 5) is 2.98. The molecule has 1 aliphatic heterocycles. The van der Waals surface area contributed by atoms with Gasteiger partial charge in [0.15, 0.2) is 0 Å². The normalized spacial score (nSPS) is 14.1. The first-order valence-electron chi connectivity index (χ1n) is 6.07.